The molecule has 0 spiro atoms. The summed E-state index contributed by atoms with van der Waals surface area (Å²) in [5.41, 5.74) is 1.65. The quantitative estimate of drug-likeness (QED) is 0.639. The van der Waals surface area contributed by atoms with Gasteiger partial charge in [0.15, 0.2) is 0 Å². The van der Waals surface area contributed by atoms with Crippen molar-refractivity contribution in [2.24, 2.45) is 0 Å². The summed E-state index contributed by atoms with van der Waals surface area (Å²) in [5, 5.41) is 3.55. The highest BCUT2D eigenvalue weighted by Crippen LogP contribution is 2.18. The van der Waals surface area contributed by atoms with Gasteiger partial charge in [0.2, 0.25) is 11.8 Å². The van der Waals surface area contributed by atoms with Gasteiger partial charge in [-0.05, 0) is 56.0 Å². The van der Waals surface area contributed by atoms with Crippen LogP contribution in [-0.2, 0) is 22.6 Å². The second kappa shape index (κ2) is 11.0. The first kappa shape index (κ1) is 22.9. The molecular formula is C23H28ClFN2O2. The van der Waals surface area contributed by atoms with Crippen molar-refractivity contribution in [1.29, 1.82) is 0 Å². The van der Waals surface area contributed by atoms with Crippen molar-refractivity contribution >= 4 is 23.4 Å². The Hall–Kier alpha value is -2.40. The summed E-state index contributed by atoms with van der Waals surface area (Å²) in [7, 11) is 0. The predicted molar refractivity (Wildman–Crippen MR) is 114 cm³/mol. The number of aryl methyl sites for hydroxylation is 1. The smallest absolute Gasteiger partial charge is 0.242 e. The minimum absolute atomic E-state index is 0.0239. The van der Waals surface area contributed by atoms with Crippen LogP contribution in [0.5, 0.6) is 0 Å². The van der Waals surface area contributed by atoms with Crippen LogP contribution in [0.25, 0.3) is 0 Å². The molecule has 0 fully saturated rings. The molecule has 0 aliphatic rings. The fourth-order valence-electron chi connectivity index (χ4n) is 2.92. The highest BCUT2D eigenvalue weighted by atomic mass is 35.5. The monoisotopic (exact) mass is 418 g/mol. The van der Waals surface area contributed by atoms with E-state index in [1.807, 2.05) is 32.0 Å². The van der Waals surface area contributed by atoms with Gasteiger partial charge in [0, 0.05) is 24.0 Å². The van der Waals surface area contributed by atoms with Crippen molar-refractivity contribution in [2.75, 3.05) is 0 Å². The fourth-order valence-corrected chi connectivity index (χ4v) is 3.15. The van der Waals surface area contributed by atoms with E-state index in [0.29, 0.717) is 11.4 Å². The van der Waals surface area contributed by atoms with Gasteiger partial charge in [-0.15, -0.1) is 0 Å². The third-order valence-corrected chi connectivity index (χ3v) is 5.37. The predicted octanol–water partition coefficient (Wildman–Crippen LogP) is 4.74. The van der Waals surface area contributed by atoms with Crippen LogP contribution in [0.3, 0.4) is 0 Å². The van der Waals surface area contributed by atoms with E-state index >= 15 is 0 Å². The zero-order chi connectivity index (χ0) is 21.4. The summed E-state index contributed by atoms with van der Waals surface area (Å²) in [6, 6.07) is 12.7. The molecule has 0 unspecified atom stereocenters. The molecule has 2 aromatic carbocycles. The number of benzene rings is 2. The minimum Gasteiger partial charge on any atom is -0.352 e. The van der Waals surface area contributed by atoms with Gasteiger partial charge < -0.3 is 10.2 Å². The Morgan fingerprint density at radius 2 is 1.76 bits per heavy atom. The molecule has 6 heteroatoms. The van der Waals surface area contributed by atoms with Gasteiger partial charge in [-0.1, -0.05) is 48.9 Å². The Morgan fingerprint density at radius 3 is 2.38 bits per heavy atom. The number of nitrogens with one attached hydrogen (secondary N) is 1. The summed E-state index contributed by atoms with van der Waals surface area (Å²) >= 11 is 6.19. The van der Waals surface area contributed by atoms with E-state index in [1.165, 1.54) is 12.1 Å². The SMILES string of the molecule is CC[C@H](C)NC(=O)[C@@H](C)N(Cc1ccc(F)cc1)C(=O)CCc1ccccc1Cl. The molecule has 29 heavy (non-hydrogen) atoms. The Kier molecular flexibility index (Phi) is 8.65. The lowest BCUT2D eigenvalue weighted by Gasteiger charge is -2.30. The fraction of sp³-hybridized carbons (Fsp3) is 0.391. The molecule has 0 aliphatic heterocycles. The lowest BCUT2D eigenvalue weighted by atomic mass is 10.1. The van der Waals surface area contributed by atoms with Gasteiger partial charge >= 0.3 is 0 Å². The van der Waals surface area contributed by atoms with Crippen molar-refractivity contribution < 1.29 is 14.0 Å². The van der Waals surface area contributed by atoms with E-state index in [-0.39, 0.29) is 36.6 Å². The molecule has 0 saturated heterocycles. The van der Waals surface area contributed by atoms with E-state index in [9.17, 15) is 14.0 Å². The molecule has 1 N–H and O–H groups in total. The zero-order valence-electron chi connectivity index (χ0n) is 17.1. The van der Waals surface area contributed by atoms with Gasteiger partial charge in [0.05, 0.1) is 0 Å². The molecule has 4 nitrogen and oxygen atoms in total. The maximum atomic E-state index is 13.2. The Labute approximate surface area is 177 Å². The minimum atomic E-state index is -0.646. The van der Waals surface area contributed by atoms with Crippen LogP contribution in [0.4, 0.5) is 4.39 Å². The number of hydrogen-bond donors (Lipinski definition) is 1. The highest BCUT2D eigenvalue weighted by molar-refractivity contribution is 6.31. The highest BCUT2D eigenvalue weighted by Gasteiger charge is 2.26. The molecular weight excluding hydrogens is 391 g/mol. The van der Waals surface area contributed by atoms with E-state index in [4.69, 9.17) is 11.6 Å². The van der Waals surface area contributed by atoms with Gasteiger partial charge in [-0.3, -0.25) is 9.59 Å². The average molecular weight is 419 g/mol. The van der Waals surface area contributed by atoms with Crippen LogP contribution >= 0.6 is 11.6 Å². The third-order valence-electron chi connectivity index (χ3n) is 5.00. The van der Waals surface area contributed by atoms with Gasteiger partial charge in [0.1, 0.15) is 11.9 Å². The lowest BCUT2D eigenvalue weighted by Crippen LogP contribution is -2.49. The molecule has 0 bridgehead atoms. The van der Waals surface area contributed by atoms with Gasteiger partial charge in [-0.2, -0.15) is 0 Å². The average Bonchev–Trinajstić information content (AvgIpc) is 2.71. The van der Waals surface area contributed by atoms with Crippen LogP contribution in [-0.4, -0.2) is 28.8 Å². The first-order valence-corrected chi connectivity index (χ1v) is 10.3. The van der Waals surface area contributed by atoms with Crippen molar-refractivity contribution in [3.8, 4) is 0 Å². The number of amides is 2. The normalized spacial score (nSPS) is 12.9. The molecule has 2 atom stereocenters. The number of nitrogens with zero attached hydrogens (tertiary/aromatic N) is 1. The van der Waals surface area contributed by atoms with Crippen molar-refractivity contribution in [3.05, 3.63) is 70.5 Å². The Bertz CT molecular complexity index is 826. The van der Waals surface area contributed by atoms with Crippen LogP contribution < -0.4 is 5.32 Å². The second-order valence-electron chi connectivity index (χ2n) is 7.23. The summed E-state index contributed by atoms with van der Waals surface area (Å²) in [4.78, 5) is 27.2. The first-order valence-electron chi connectivity index (χ1n) is 9.89. The van der Waals surface area contributed by atoms with E-state index < -0.39 is 6.04 Å². The van der Waals surface area contributed by atoms with E-state index in [1.54, 1.807) is 30.0 Å². The molecule has 0 aliphatic carbocycles. The van der Waals surface area contributed by atoms with Crippen molar-refractivity contribution in [1.82, 2.24) is 10.2 Å². The number of halogens is 2. The summed E-state index contributed by atoms with van der Waals surface area (Å²) in [5.74, 6) is -0.693. The maximum Gasteiger partial charge on any atom is 0.242 e. The molecule has 0 heterocycles. The lowest BCUT2D eigenvalue weighted by molar-refractivity contribution is -0.140. The topological polar surface area (TPSA) is 49.4 Å². The molecule has 0 aromatic heterocycles. The van der Waals surface area contributed by atoms with Crippen LogP contribution in [0.15, 0.2) is 48.5 Å². The van der Waals surface area contributed by atoms with Crippen molar-refractivity contribution in [3.63, 3.8) is 0 Å². The van der Waals surface area contributed by atoms with Crippen molar-refractivity contribution in [2.45, 2.75) is 58.7 Å². The van der Waals surface area contributed by atoms with Crippen LogP contribution in [0.1, 0.15) is 44.7 Å². The molecule has 2 amide bonds. The molecule has 2 rings (SSSR count). The van der Waals surface area contributed by atoms with Crippen LogP contribution in [0.2, 0.25) is 5.02 Å². The standard InChI is InChI=1S/C23H28ClFN2O2/c1-4-16(2)26-23(29)17(3)27(15-18-9-12-20(25)13-10-18)22(28)14-11-19-7-5-6-8-21(19)24/h5-10,12-13,16-17H,4,11,14-15H2,1-3H3,(H,26,29)/t16-,17+/m0/s1. The summed E-state index contributed by atoms with van der Waals surface area (Å²) in [6.07, 6.45) is 1.51. The number of carbonyl (C=O) groups is 2. The largest absolute Gasteiger partial charge is 0.352 e. The second-order valence-corrected chi connectivity index (χ2v) is 7.64. The Balaban J connectivity index is 2.15. The van der Waals surface area contributed by atoms with E-state index in [0.717, 1.165) is 17.5 Å². The molecule has 2 aromatic rings. The zero-order valence-corrected chi connectivity index (χ0v) is 17.9. The van der Waals surface area contributed by atoms with E-state index in [2.05, 4.69) is 5.32 Å². The number of hydrogen-bond acceptors (Lipinski definition) is 2. The summed E-state index contributed by atoms with van der Waals surface area (Å²) in [6.45, 7) is 5.86. The molecule has 0 saturated carbocycles. The number of carbonyl (C=O) groups excluding carboxylic acids is 2. The van der Waals surface area contributed by atoms with Gasteiger partial charge in [0.25, 0.3) is 0 Å². The first-order chi connectivity index (χ1) is 13.8. The Morgan fingerprint density at radius 1 is 1.10 bits per heavy atom. The molecule has 156 valence electrons. The number of rotatable bonds is 9. The maximum absolute atomic E-state index is 13.2. The third kappa shape index (κ3) is 6.86. The summed E-state index contributed by atoms with van der Waals surface area (Å²) < 4.78 is 13.2. The van der Waals surface area contributed by atoms with Gasteiger partial charge in [-0.25, -0.2) is 4.39 Å². The van der Waals surface area contributed by atoms with Crippen LogP contribution in [0, 0.1) is 5.82 Å². The molecule has 0 radical (unpaired) electrons.